The van der Waals surface area contributed by atoms with Gasteiger partial charge in [0, 0.05) is 12.2 Å². The molecule has 0 amide bonds. The Morgan fingerprint density at radius 2 is 2.11 bits per heavy atom. The largest absolute Gasteiger partial charge is 0.511 e. The van der Waals surface area contributed by atoms with E-state index in [1.165, 1.54) is 6.08 Å². The first-order valence-corrected chi connectivity index (χ1v) is 6.47. The standard InChI is InChI=1S/C15H15ClO3/c1-2-19-15(16)9-8-12(13(17)10-15)14(18)11-6-4-3-5-7-11/h3-9,17H,2,10H2,1H3. The number of ketones is 1. The number of Topliss-reactive ketones (excluding diaryl/α,β-unsaturated/α-hetero) is 1. The maximum Gasteiger partial charge on any atom is 0.196 e. The number of aliphatic hydroxyl groups excluding tert-OH is 1. The van der Waals surface area contributed by atoms with Gasteiger partial charge in [0.25, 0.3) is 0 Å². The summed E-state index contributed by atoms with van der Waals surface area (Å²) in [5, 5.41) is 8.95. The van der Waals surface area contributed by atoms with Gasteiger partial charge in [-0.25, -0.2) is 0 Å². The van der Waals surface area contributed by atoms with Gasteiger partial charge in [-0.2, -0.15) is 0 Å². The summed E-state index contributed by atoms with van der Waals surface area (Å²) in [5.74, 6) is -0.260. The molecule has 0 aliphatic heterocycles. The van der Waals surface area contributed by atoms with Crippen molar-refractivity contribution in [1.82, 2.24) is 0 Å². The number of aliphatic hydroxyl groups is 1. The van der Waals surface area contributed by atoms with Crippen LogP contribution in [0.15, 0.2) is 53.8 Å². The van der Waals surface area contributed by atoms with Crippen LogP contribution in [-0.2, 0) is 4.74 Å². The van der Waals surface area contributed by atoms with Gasteiger partial charge in [0.1, 0.15) is 5.76 Å². The summed E-state index contributed by atoms with van der Waals surface area (Å²) in [5.41, 5.74) is 0.800. The number of rotatable bonds is 4. The molecule has 4 heteroatoms. The van der Waals surface area contributed by atoms with Crippen LogP contribution in [0.3, 0.4) is 0 Å². The normalized spacial score (nSPS) is 22.6. The zero-order chi connectivity index (χ0) is 13.9. The van der Waals surface area contributed by atoms with Crippen molar-refractivity contribution in [1.29, 1.82) is 0 Å². The number of ether oxygens (including phenoxy) is 1. The molecule has 1 atom stereocenters. The topological polar surface area (TPSA) is 46.5 Å². The average molecular weight is 279 g/mol. The van der Waals surface area contributed by atoms with Crippen molar-refractivity contribution in [2.75, 3.05) is 6.61 Å². The van der Waals surface area contributed by atoms with Crippen LogP contribution in [-0.4, -0.2) is 22.6 Å². The molecule has 19 heavy (non-hydrogen) atoms. The highest BCUT2D eigenvalue weighted by Gasteiger charge is 2.32. The van der Waals surface area contributed by atoms with Crippen LogP contribution < -0.4 is 0 Å². The smallest absolute Gasteiger partial charge is 0.196 e. The molecule has 1 aromatic carbocycles. The van der Waals surface area contributed by atoms with E-state index >= 15 is 0 Å². The third-order valence-electron chi connectivity index (χ3n) is 2.88. The van der Waals surface area contributed by atoms with Gasteiger partial charge in [-0.05, 0) is 19.1 Å². The zero-order valence-corrected chi connectivity index (χ0v) is 11.4. The van der Waals surface area contributed by atoms with Crippen molar-refractivity contribution in [3.05, 3.63) is 59.4 Å². The lowest BCUT2D eigenvalue weighted by Crippen LogP contribution is -2.27. The van der Waals surface area contributed by atoms with Crippen LogP contribution in [0.2, 0.25) is 0 Å². The molecule has 0 bridgehead atoms. The van der Waals surface area contributed by atoms with E-state index in [0.717, 1.165) is 0 Å². The Balaban J connectivity index is 2.24. The second-order valence-corrected chi connectivity index (χ2v) is 4.92. The van der Waals surface area contributed by atoms with Gasteiger partial charge >= 0.3 is 0 Å². The molecule has 100 valence electrons. The predicted molar refractivity (Wildman–Crippen MR) is 74.4 cm³/mol. The van der Waals surface area contributed by atoms with Gasteiger partial charge in [-0.1, -0.05) is 41.9 Å². The van der Waals surface area contributed by atoms with E-state index in [1.54, 1.807) is 30.3 Å². The third-order valence-corrected chi connectivity index (χ3v) is 3.25. The Morgan fingerprint density at radius 1 is 1.42 bits per heavy atom. The van der Waals surface area contributed by atoms with Crippen LogP contribution in [0.4, 0.5) is 0 Å². The molecule has 0 spiro atoms. The monoisotopic (exact) mass is 278 g/mol. The molecule has 2 rings (SSSR count). The van der Waals surface area contributed by atoms with Crippen molar-refractivity contribution in [2.45, 2.75) is 18.4 Å². The van der Waals surface area contributed by atoms with Crippen LogP contribution in [0, 0.1) is 0 Å². The number of hydrogen-bond acceptors (Lipinski definition) is 3. The first-order chi connectivity index (χ1) is 9.06. The molecule has 1 N–H and O–H groups in total. The average Bonchev–Trinajstić information content (AvgIpc) is 2.39. The fraction of sp³-hybridized carbons (Fsp3) is 0.267. The van der Waals surface area contributed by atoms with E-state index in [2.05, 4.69) is 0 Å². The molecule has 0 aromatic heterocycles. The van der Waals surface area contributed by atoms with Crippen molar-refractivity contribution in [3.8, 4) is 0 Å². The van der Waals surface area contributed by atoms with Gasteiger partial charge in [-0.15, -0.1) is 0 Å². The highest BCUT2D eigenvalue weighted by molar-refractivity contribution is 6.25. The lowest BCUT2D eigenvalue weighted by Gasteiger charge is -2.26. The van der Waals surface area contributed by atoms with Crippen LogP contribution in [0.5, 0.6) is 0 Å². The van der Waals surface area contributed by atoms with E-state index in [-0.39, 0.29) is 23.5 Å². The van der Waals surface area contributed by atoms with Crippen LogP contribution >= 0.6 is 11.6 Å². The van der Waals surface area contributed by atoms with Crippen LogP contribution in [0.25, 0.3) is 0 Å². The Labute approximate surface area is 117 Å². The molecule has 0 heterocycles. The number of allylic oxidation sites excluding steroid dienone is 2. The van der Waals surface area contributed by atoms with E-state index in [0.29, 0.717) is 12.2 Å². The Kier molecular flexibility index (Phi) is 4.08. The summed E-state index contributed by atoms with van der Waals surface area (Å²) in [4.78, 5) is 12.2. The molecule has 1 aliphatic carbocycles. The Bertz CT molecular complexity index is 534. The summed E-state index contributed by atoms with van der Waals surface area (Å²) in [7, 11) is 0. The third kappa shape index (κ3) is 3.06. The van der Waals surface area contributed by atoms with Crippen LogP contribution in [0.1, 0.15) is 23.7 Å². The molecule has 0 saturated carbocycles. The first-order valence-electron chi connectivity index (χ1n) is 6.10. The molecule has 1 aliphatic rings. The first kappa shape index (κ1) is 13.8. The summed E-state index contributed by atoms with van der Waals surface area (Å²) < 4.78 is 5.35. The number of benzene rings is 1. The summed E-state index contributed by atoms with van der Waals surface area (Å²) in [6.07, 6.45) is 3.22. The molecule has 1 unspecified atom stereocenters. The van der Waals surface area contributed by atoms with E-state index in [1.807, 2.05) is 13.0 Å². The van der Waals surface area contributed by atoms with Gasteiger partial charge in [0.15, 0.2) is 10.8 Å². The number of carbonyl (C=O) groups is 1. The predicted octanol–water partition coefficient (Wildman–Crippen LogP) is 3.61. The number of carbonyl (C=O) groups excluding carboxylic acids is 1. The van der Waals surface area contributed by atoms with Gasteiger partial charge in [0.2, 0.25) is 0 Å². The van der Waals surface area contributed by atoms with Gasteiger partial charge in [0.05, 0.1) is 12.0 Å². The second kappa shape index (κ2) is 5.59. The van der Waals surface area contributed by atoms with Crippen molar-refractivity contribution in [2.24, 2.45) is 0 Å². The maximum absolute atomic E-state index is 12.2. The van der Waals surface area contributed by atoms with E-state index < -0.39 is 5.06 Å². The molecule has 0 fully saturated rings. The summed E-state index contributed by atoms with van der Waals surface area (Å²) in [6.45, 7) is 2.26. The van der Waals surface area contributed by atoms with E-state index in [4.69, 9.17) is 16.3 Å². The minimum Gasteiger partial charge on any atom is -0.511 e. The van der Waals surface area contributed by atoms with Crippen molar-refractivity contribution in [3.63, 3.8) is 0 Å². The molecular weight excluding hydrogens is 264 g/mol. The van der Waals surface area contributed by atoms with Crippen molar-refractivity contribution < 1.29 is 14.6 Å². The highest BCUT2D eigenvalue weighted by atomic mass is 35.5. The van der Waals surface area contributed by atoms with Gasteiger partial charge < -0.3 is 9.84 Å². The second-order valence-electron chi connectivity index (χ2n) is 4.28. The Morgan fingerprint density at radius 3 is 2.68 bits per heavy atom. The quantitative estimate of drug-likeness (QED) is 0.676. The summed E-state index contributed by atoms with van der Waals surface area (Å²) >= 11 is 6.17. The molecule has 1 aromatic rings. The van der Waals surface area contributed by atoms with Crippen molar-refractivity contribution >= 4 is 17.4 Å². The lowest BCUT2D eigenvalue weighted by molar-refractivity contribution is 0.0541. The zero-order valence-electron chi connectivity index (χ0n) is 10.6. The Hall–Kier alpha value is -1.58. The minimum atomic E-state index is -1.06. The fourth-order valence-corrected chi connectivity index (χ4v) is 2.28. The summed E-state index contributed by atoms with van der Waals surface area (Å²) in [6, 6.07) is 8.82. The minimum absolute atomic E-state index is 0.0418. The van der Waals surface area contributed by atoms with E-state index in [9.17, 15) is 9.90 Å². The maximum atomic E-state index is 12.2. The number of alkyl halides is 1. The lowest BCUT2D eigenvalue weighted by atomic mass is 9.95. The molecular formula is C15H15ClO3. The SMILES string of the molecule is CCOC1(Cl)C=CC(C(=O)c2ccccc2)=C(O)C1. The number of halogens is 1. The fourth-order valence-electron chi connectivity index (χ4n) is 1.98. The molecule has 0 radical (unpaired) electrons. The highest BCUT2D eigenvalue weighted by Crippen LogP contribution is 2.33. The molecule has 3 nitrogen and oxygen atoms in total. The molecule has 0 saturated heterocycles. The number of hydrogen-bond donors (Lipinski definition) is 1. The van der Waals surface area contributed by atoms with Gasteiger partial charge in [-0.3, -0.25) is 4.79 Å².